The van der Waals surface area contributed by atoms with E-state index in [0.717, 1.165) is 22.7 Å². The summed E-state index contributed by atoms with van der Waals surface area (Å²) in [7, 11) is 0. The van der Waals surface area contributed by atoms with Crippen LogP contribution in [0, 0.1) is 6.92 Å². The van der Waals surface area contributed by atoms with Gasteiger partial charge in [-0.05, 0) is 6.92 Å². The van der Waals surface area contributed by atoms with Gasteiger partial charge in [-0.2, -0.15) is 0 Å². The second kappa shape index (κ2) is 5.40. The highest BCUT2D eigenvalue weighted by molar-refractivity contribution is 7.99. The highest BCUT2D eigenvalue weighted by Gasteiger charge is 2.10. The van der Waals surface area contributed by atoms with Crippen LogP contribution in [0.1, 0.15) is 11.4 Å². The second-order valence-electron chi connectivity index (χ2n) is 3.62. The smallest absolute Gasteiger partial charge is 0.313 e. The molecule has 0 fully saturated rings. The molecule has 2 heterocycles. The number of aliphatic carboxylic acids is 1. The zero-order chi connectivity index (χ0) is 13.1. The topological polar surface area (TPSA) is 88.0 Å². The average Bonchev–Trinajstić information content (AvgIpc) is 2.85. The molecular formula is C10H11N3O3S2. The van der Waals surface area contributed by atoms with Crippen LogP contribution in [0.5, 0.6) is 0 Å². The van der Waals surface area contributed by atoms with Crippen LogP contribution >= 0.6 is 23.1 Å². The lowest BCUT2D eigenvalue weighted by atomic mass is 10.4. The lowest BCUT2D eigenvalue weighted by Gasteiger charge is -2.07. The van der Waals surface area contributed by atoms with E-state index in [9.17, 15) is 9.59 Å². The molecule has 0 aliphatic heterocycles. The van der Waals surface area contributed by atoms with Crippen molar-refractivity contribution >= 4 is 29.1 Å². The largest absolute Gasteiger partial charge is 0.481 e. The van der Waals surface area contributed by atoms with Gasteiger partial charge in [-0.3, -0.25) is 9.59 Å². The fourth-order valence-corrected chi connectivity index (χ4v) is 2.75. The van der Waals surface area contributed by atoms with E-state index in [0.29, 0.717) is 11.7 Å². The summed E-state index contributed by atoms with van der Waals surface area (Å²) in [6.45, 7) is 2.38. The molecule has 2 rings (SSSR count). The van der Waals surface area contributed by atoms with Gasteiger partial charge < -0.3 is 14.7 Å². The van der Waals surface area contributed by atoms with Gasteiger partial charge in [0.2, 0.25) is 0 Å². The number of aryl methyl sites for hydroxylation is 1. The maximum Gasteiger partial charge on any atom is 0.313 e. The summed E-state index contributed by atoms with van der Waals surface area (Å²) < 4.78 is 1.88. The van der Waals surface area contributed by atoms with Crippen LogP contribution < -0.4 is 4.87 Å². The number of hydrogen-bond donors (Lipinski definition) is 2. The third-order valence-electron chi connectivity index (χ3n) is 2.24. The molecule has 0 amide bonds. The number of carboxylic acids is 1. The fourth-order valence-electron chi connectivity index (χ4n) is 1.43. The van der Waals surface area contributed by atoms with Crippen molar-refractivity contribution in [2.45, 2.75) is 18.6 Å². The van der Waals surface area contributed by atoms with Gasteiger partial charge in [0.05, 0.1) is 12.3 Å². The quantitative estimate of drug-likeness (QED) is 0.805. The zero-order valence-electron chi connectivity index (χ0n) is 9.54. The first-order valence-electron chi connectivity index (χ1n) is 5.09. The Kier molecular flexibility index (Phi) is 3.87. The number of nitrogens with zero attached hydrogens (tertiary/aromatic N) is 2. The number of aromatic amines is 1. The Hall–Kier alpha value is -1.54. The zero-order valence-corrected chi connectivity index (χ0v) is 11.2. The first-order chi connectivity index (χ1) is 8.56. The minimum absolute atomic E-state index is 0.0311. The number of H-pyrrole nitrogens is 1. The van der Waals surface area contributed by atoms with Crippen LogP contribution in [0.4, 0.5) is 0 Å². The van der Waals surface area contributed by atoms with Crippen LogP contribution in [0.25, 0.3) is 0 Å². The van der Waals surface area contributed by atoms with E-state index in [-0.39, 0.29) is 10.6 Å². The summed E-state index contributed by atoms with van der Waals surface area (Å²) in [5, 5.41) is 11.1. The van der Waals surface area contributed by atoms with Crippen LogP contribution in [0.15, 0.2) is 21.5 Å². The number of carbonyl (C=O) groups is 1. The Morgan fingerprint density at radius 3 is 3.06 bits per heavy atom. The predicted molar refractivity (Wildman–Crippen MR) is 69.4 cm³/mol. The maximum atomic E-state index is 11.1. The molecule has 8 heteroatoms. The Balaban J connectivity index is 2.18. The van der Waals surface area contributed by atoms with E-state index in [4.69, 9.17) is 5.11 Å². The predicted octanol–water partition coefficient (Wildman–Crippen LogP) is 1.17. The van der Waals surface area contributed by atoms with Crippen molar-refractivity contribution in [3.8, 4) is 0 Å². The Morgan fingerprint density at radius 1 is 1.67 bits per heavy atom. The number of aromatic nitrogens is 3. The number of imidazole rings is 1. The van der Waals surface area contributed by atoms with Crippen molar-refractivity contribution in [2.24, 2.45) is 0 Å². The monoisotopic (exact) mass is 285 g/mol. The van der Waals surface area contributed by atoms with Crippen LogP contribution in [0.3, 0.4) is 0 Å². The molecule has 2 aromatic heterocycles. The summed E-state index contributed by atoms with van der Waals surface area (Å²) in [6.07, 6.45) is 1.69. The molecule has 0 aromatic carbocycles. The average molecular weight is 285 g/mol. The molecule has 0 radical (unpaired) electrons. The SMILES string of the molecule is Cc1cnc(SCC(=O)O)n1Cc1csc(=O)[nH]1. The Labute approximate surface area is 111 Å². The van der Waals surface area contributed by atoms with E-state index in [1.165, 1.54) is 11.8 Å². The first-order valence-corrected chi connectivity index (χ1v) is 6.96. The molecule has 0 aliphatic carbocycles. The maximum absolute atomic E-state index is 11.1. The van der Waals surface area contributed by atoms with Crippen molar-refractivity contribution in [3.63, 3.8) is 0 Å². The van der Waals surface area contributed by atoms with Gasteiger partial charge >= 0.3 is 10.8 Å². The van der Waals surface area contributed by atoms with Gasteiger partial charge in [-0.25, -0.2) is 4.98 Å². The summed E-state index contributed by atoms with van der Waals surface area (Å²) in [6, 6.07) is 0. The number of thiazole rings is 1. The molecule has 2 N–H and O–H groups in total. The minimum Gasteiger partial charge on any atom is -0.481 e. The normalized spacial score (nSPS) is 10.7. The molecule has 0 bridgehead atoms. The number of rotatable bonds is 5. The second-order valence-corrected chi connectivity index (χ2v) is 5.41. The van der Waals surface area contributed by atoms with Gasteiger partial charge in [0.15, 0.2) is 5.16 Å². The molecule has 0 saturated heterocycles. The van der Waals surface area contributed by atoms with Crippen molar-refractivity contribution in [2.75, 3.05) is 5.75 Å². The van der Waals surface area contributed by atoms with Gasteiger partial charge in [0.1, 0.15) is 0 Å². The Bertz CT molecular complexity index is 614. The molecular weight excluding hydrogens is 274 g/mol. The number of hydrogen-bond acceptors (Lipinski definition) is 5. The van der Waals surface area contributed by atoms with E-state index < -0.39 is 5.97 Å². The highest BCUT2D eigenvalue weighted by atomic mass is 32.2. The molecule has 18 heavy (non-hydrogen) atoms. The summed E-state index contributed by atoms with van der Waals surface area (Å²) in [4.78, 5) is 28.4. The van der Waals surface area contributed by atoms with Crippen LogP contribution in [-0.4, -0.2) is 31.4 Å². The molecule has 0 aliphatic rings. The summed E-state index contributed by atoms with van der Waals surface area (Å²) in [5.41, 5.74) is 1.72. The van der Waals surface area contributed by atoms with Gasteiger partial charge in [-0.15, -0.1) is 0 Å². The first kappa shape index (κ1) is 12.9. The summed E-state index contributed by atoms with van der Waals surface area (Å²) >= 11 is 2.28. The lowest BCUT2D eigenvalue weighted by molar-refractivity contribution is -0.133. The Morgan fingerprint density at radius 2 is 2.44 bits per heavy atom. The van der Waals surface area contributed by atoms with E-state index >= 15 is 0 Å². The van der Waals surface area contributed by atoms with Crippen LogP contribution in [-0.2, 0) is 11.3 Å². The molecule has 2 aromatic rings. The third-order valence-corrected chi connectivity index (χ3v) is 3.94. The third kappa shape index (κ3) is 3.02. The van der Waals surface area contributed by atoms with Crippen molar-refractivity contribution in [1.82, 2.24) is 14.5 Å². The number of nitrogens with one attached hydrogen (secondary N) is 1. The molecule has 0 atom stereocenters. The molecule has 6 nitrogen and oxygen atoms in total. The van der Waals surface area contributed by atoms with Crippen molar-refractivity contribution in [1.29, 1.82) is 0 Å². The molecule has 96 valence electrons. The lowest BCUT2D eigenvalue weighted by Crippen LogP contribution is -2.07. The van der Waals surface area contributed by atoms with E-state index in [1.807, 2.05) is 11.5 Å². The number of carboxylic acid groups (broad SMARTS) is 1. The van der Waals surface area contributed by atoms with Crippen molar-refractivity contribution in [3.05, 3.63) is 32.6 Å². The molecule has 0 unspecified atom stereocenters. The number of thioether (sulfide) groups is 1. The van der Waals surface area contributed by atoms with Gasteiger partial charge in [0.25, 0.3) is 0 Å². The summed E-state index contributed by atoms with van der Waals surface area (Å²) in [5.74, 6) is -0.910. The van der Waals surface area contributed by atoms with Gasteiger partial charge in [0, 0.05) is 23.0 Å². The van der Waals surface area contributed by atoms with Gasteiger partial charge in [-0.1, -0.05) is 23.1 Å². The van der Waals surface area contributed by atoms with Crippen LogP contribution in [0.2, 0.25) is 0 Å². The molecule has 0 saturated carbocycles. The fraction of sp³-hybridized carbons (Fsp3) is 0.300. The minimum atomic E-state index is -0.879. The van der Waals surface area contributed by atoms with E-state index in [2.05, 4.69) is 9.97 Å². The highest BCUT2D eigenvalue weighted by Crippen LogP contribution is 2.19. The van der Waals surface area contributed by atoms with Crippen molar-refractivity contribution < 1.29 is 9.90 Å². The van der Waals surface area contributed by atoms with E-state index in [1.54, 1.807) is 11.6 Å². The molecule has 0 spiro atoms. The standard InChI is InChI=1S/C10H11N3O3S2/c1-6-2-11-9(17-5-8(14)15)13(6)3-7-4-18-10(16)12-7/h2,4H,3,5H2,1H3,(H,12,16)(H,14,15).